The van der Waals surface area contributed by atoms with E-state index in [0.29, 0.717) is 5.13 Å². The van der Waals surface area contributed by atoms with Crippen molar-refractivity contribution in [3.05, 3.63) is 53.3 Å². The SMILES string of the molecule is COc1ccc(C(=O)Nc2nc3c(C)cccc3s2)cc1F. The van der Waals surface area contributed by atoms with Crippen LogP contribution in [0, 0.1) is 12.7 Å². The summed E-state index contributed by atoms with van der Waals surface area (Å²) >= 11 is 1.38. The van der Waals surface area contributed by atoms with Crippen molar-refractivity contribution in [2.75, 3.05) is 12.4 Å². The summed E-state index contributed by atoms with van der Waals surface area (Å²) in [5, 5.41) is 3.19. The molecule has 0 aliphatic heterocycles. The van der Waals surface area contributed by atoms with Gasteiger partial charge in [-0.1, -0.05) is 23.5 Å². The zero-order chi connectivity index (χ0) is 15.7. The first-order chi connectivity index (χ1) is 10.6. The summed E-state index contributed by atoms with van der Waals surface area (Å²) in [5.41, 5.74) is 2.13. The van der Waals surface area contributed by atoms with Crippen molar-refractivity contribution < 1.29 is 13.9 Å². The van der Waals surface area contributed by atoms with Gasteiger partial charge in [0.2, 0.25) is 0 Å². The highest BCUT2D eigenvalue weighted by molar-refractivity contribution is 7.22. The number of aromatic nitrogens is 1. The Kier molecular flexibility index (Phi) is 3.77. The van der Waals surface area contributed by atoms with Crippen molar-refractivity contribution in [1.82, 2.24) is 4.98 Å². The number of aryl methyl sites for hydroxylation is 1. The molecule has 0 radical (unpaired) electrons. The van der Waals surface area contributed by atoms with Crippen LogP contribution >= 0.6 is 11.3 Å². The molecule has 4 nitrogen and oxygen atoms in total. The molecule has 6 heteroatoms. The Morgan fingerprint density at radius 1 is 1.32 bits per heavy atom. The lowest BCUT2D eigenvalue weighted by molar-refractivity contribution is 0.102. The van der Waals surface area contributed by atoms with E-state index in [9.17, 15) is 9.18 Å². The van der Waals surface area contributed by atoms with Crippen LogP contribution in [0.2, 0.25) is 0 Å². The molecule has 1 amide bonds. The molecule has 1 aromatic heterocycles. The van der Waals surface area contributed by atoms with Crippen molar-refractivity contribution in [3.63, 3.8) is 0 Å². The van der Waals surface area contributed by atoms with Crippen LogP contribution in [0.15, 0.2) is 36.4 Å². The average Bonchev–Trinajstić information content (AvgIpc) is 2.91. The molecule has 1 N–H and O–H groups in total. The Labute approximate surface area is 130 Å². The molecule has 0 aliphatic carbocycles. The van der Waals surface area contributed by atoms with Crippen LogP contribution in [0.25, 0.3) is 10.2 Å². The Morgan fingerprint density at radius 2 is 2.14 bits per heavy atom. The fourth-order valence-electron chi connectivity index (χ4n) is 2.12. The molecule has 0 bridgehead atoms. The molecular formula is C16H13FN2O2S. The smallest absolute Gasteiger partial charge is 0.257 e. The normalized spacial score (nSPS) is 10.7. The lowest BCUT2D eigenvalue weighted by atomic mass is 10.2. The number of fused-ring (bicyclic) bond motifs is 1. The van der Waals surface area contributed by atoms with Gasteiger partial charge in [-0.3, -0.25) is 10.1 Å². The number of anilines is 1. The highest BCUT2D eigenvalue weighted by Gasteiger charge is 2.13. The van der Waals surface area contributed by atoms with Crippen molar-refractivity contribution in [2.24, 2.45) is 0 Å². The van der Waals surface area contributed by atoms with Gasteiger partial charge in [0.25, 0.3) is 5.91 Å². The first kappa shape index (κ1) is 14.5. The maximum Gasteiger partial charge on any atom is 0.257 e. The molecule has 0 fully saturated rings. The van der Waals surface area contributed by atoms with Crippen molar-refractivity contribution in [1.29, 1.82) is 0 Å². The number of amides is 1. The molecule has 3 aromatic rings. The molecule has 0 aliphatic rings. The molecule has 0 saturated carbocycles. The lowest BCUT2D eigenvalue weighted by Gasteiger charge is -2.04. The minimum Gasteiger partial charge on any atom is -0.494 e. The van der Waals surface area contributed by atoms with E-state index in [1.165, 1.54) is 30.6 Å². The summed E-state index contributed by atoms with van der Waals surface area (Å²) < 4.78 is 19.5. The fourth-order valence-corrected chi connectivity index (χ4v) is 3.06. The van der Waals surface area contributed by atoms with E-state index in [0.717, 1.165) is 21.8 Å². The molecule has 22 heavy (non-hydrogen) atoms. The molecule has 0 atom stereocenters. The Morgan fingerprint density at radius 3 is 2.82 bits per heavy atom. The van der Waals surface area contributed by atoms with Crippen LogP contribution in [0.4, 0.5) is 9.52 Å². The monoisotopic (exact) mass is 316 g/mol. The van der Waals surface area contributed by atoms with E-state index in [-0.39, 0.29) is 11.3 Å². The number of carbonyl (C=O) groups excluding carboxylic acids is 1. The number of halogens is 1. The Bertz CT molecular complexity index is 860. The van der Waals surface area contributed by atoms with E-state index < -0.39 is 11.7 Å². The second-order valence-electron chi connectivity index (χ2n) is 4.74. The van der Waals surface area contributed by atoms with Crippen LogP contribution in [0.5, 0.6) is 5.75 Å². The molecular weight excluding hydrogens is 303 g/mol. The van der Waals surface area contributed by atoms with Crippen LogP contribution in [-0.4, -0.2) is 18.0 Å². The first-order valence-electron chi connectivity index (χ1n) is 6.59. The number of ether oxygens (including phenoxy) is 1. The number of hydrogen-bond acceptors (Lipinski definition) is 4. The van der Waals surface area contributed by atoms with Gasteiger partial charge in [-0.2, -0.15) is 0 Å². The number of carbonyl (C=O) groups is 1. The van der Waals surface area contributed by atoms with Gasteiger partial charge in [-0.05, 0) is 36.8 Å². The number of thiazole rings is 1. The largest absolute Gasteiger partial charge is 0.494 e. The molecule has 3 rings (SSSR count). The molecule has 0 unspecified atom stereocenters. The number of benzene rings is 2. The van der Waals surface area contributed by atoms with Crippen LogP contribution in [0.1, 0.15) is 15.9 Å². The molecule has 0 spiro atoms. The number of methoxy groups -OCH3 is 1. The zero-order valence-electron chi connectivity index (χ0n) is 12.0. The second-order valence-corrected chi connectivity index (χ2v) is 5.77. The van der Waals surface area contributed by atoms with Gasteiger partial charge in [0.05, 0.1) is 17.3 Å². The van der Waals surface area contributed by atoms with E-state index in [1.807, 2.05) is 25.1 Å². The number of hydrogen-bond donors (Lipinski definition) is 1. The number of nitrogens with zero attached hydrogens (tertiary/aromatic N) is 1. The zero-order valence-corrected chi connectivity index (χ0v) is 12.8. The van der Waals surface area contributed by atoms with E-state index in [2.05, 4.69) is 10.3 Å². The van der Waals surface area contributed by atoms with E-state index in [1.54, 1.807) is 0 Å². The molecule has 0 saturated heterocycles. The van der Waals surface area contributed by atoms with Crippen LogP contribution in [0.3, 0.4) is 0 Å². The predicted octanol–water partition coefficient (Wildman–Crippen LogP) is 4.00. The summed E-state index contributed by atoms with van der Waals surface area (Å²) in [6.07, 6.45) is 0. The summed E-state index contributed by atoms with van der Waals surface area (Å²) in [4.78, 5) is 16.6. The van der Waals surface area contributed by atoms with Gasteiger partial charge in [-0.25, -0.2) is 9.37 Å². The molecule has 112 valence electrons. The summed E-state index contributed by atoms with van der Waals surface area (Å²) in [7, 11) is 1.38. The number of para-hydroxylation sites is 1. The van der Waals surface area contributed by atoms with Gasteiger partial charge >= 0.3 is 0 Å². The minimum absolute atomic E-state index is 0.104. The van der Waals surface area contributed by atoms with Gasteiger partial charge in [-0.15, -0.1) is 0 Å². The van der Waals surface area contributed by atoms with Crippen molar-refractivity contribution in [2.45, 2.75) is 6.92 Å². The minimum atomic E-state index is -0.574. The van der Waals surface area contributed by atoms with Gasteiger partial charge in [0.1, 0.15) is 0 Å². The summed E-state index contributed by atoms with van der Waals surface area (Å²) in [5.74, 6) is -0.874. The quantitative estimate of drug-likeness (QED) is 0.794. The van der Waals surface area contributed by atoms with Crippen molar-refractivity contribution in [3.8, 4) is 5.75 Å². The second kappa shape index (κ2) is 5.73. The Balaban J connectivity index is 1.86. The van der Waals surface area contributed by atoms with E-state index >= 15 is 0 Å². The van der Waals surface area contributed by atoms with Gasteiger partial charge in [0, 0.05) is 5.56 Å². The van der Waals surface area contributed by atoms with Crippen LogP contribution in [-0.2, 0) is 0 Å². The number of rotatable bonds is 3. The van der Waals surface area contributed by atoms with Gasteiger partial charge < -0.3 is 4.74 Å². The topological polar surface area (TPSA) is 51.2 Å². The highest BCUT2D eigenvalue weighted by Crippen LogP contribution is 2.28. The maximum absolute atomic E-state index is 13.7. The van der Waals surface area contributed by atoms with Gasteiger partial charge in [0.15, 0.2) is 16.7 Å². The third-order valence-electron chi connectivity index (χ3n) is 3.26. The average molecular weight is 316 g/mol. The third kappa shape index (κ3) is 2.65. The van der Waals surface area contributed by atoms with E-state index in [4.69, 9.17) is 4.74 Å². The fraction of sp³-hybridized carbons (Fsp3) is 0.125. The maximum atomic E-state index is 13.7. The highest BCUT2D eigenvalue weighted by atomic mass is 32.1. The standard InChI is InChI=1S/C16H13FN2O2S/c1-9-4-3-5-13-14(9)18-16(22-13)19-15(20)10-6-7-12(21-2)11(17)8-10/h3-8H,1-2H3,(H,18,19,20). The number of nitrogens with one attached hydrogen (secondary N) is 1. The van der Waals surface area contributed by atoms with Crippen LogP contribution < -0.4 is 10.1 Å². The third-order valence-corrected chi connectivity index (χ3v) is 4.19. The molecule has 1 heterocycles. The predicted molar refractivity (Wildman–Crippen MR) is 85.3 cm³/mol. The molecule has 2 aromatic carbocycles. The first-order valence-corrected chi connectivity index (χ1v) is 7.41. The summed E-state index contributed by atoms with van der Waals surface area (Å²) in [6, 6.07) is 9.94. The van der Waals surface area contributed by atoms with Crippen molar-refractivity contribution >= 4 is 32.6 Å². The summed E-state index contributed by atoms with van der Waals surface area (Å²) in [6.45, 7) is 1.96. The lowest BCUT2D eigenvalue weighted by Crippen LogP contribution is -2.12. The Hall–Kier alpha value is -2.47.